The number of benzene rings is 1. The third-order valence-corrected chi connectivity index (χ3v) is 2.61. The van der Waals surface area contributed by atoms with Gasteiger partial charge in [-0.1, -0.05) is 20.8 Å². The number of aryl methyl sites for hydroxylation is 1. The molecule has 1 aromatic rings. The quantitative estimate of drug-likeness (QED) is 0.456. The van der Waals surface area contributed by atoms with Crippen LogP contribution in [0.5, 0.6) is 0 Å². The molecule has 0 radical (unpaired) electrons. The Morgan fingerprint density at radius 1 is 1.35 bits per heavy atom. The van der Waals surface area contributed by atoms with Crippen molar-refractivity contribution in [1.82, 2.24) is 0 Å². The highest BCUT2D eigenvalue weighted by atomic mass is 16.6. The Hall–Kier alpha value is -1.71. The molecule has 0 aliphatic carbocycles. The molecule has 1 aromatic carbocycles. The van der Waals surface area contributed by atoms with Crippen LogP contribution in [0.2, 0.25) is 0 Å². The minimum absolute atomic E-state index is 0.0412. The van der Waals surface area contributed by atoms with Gasteiger partial charge in [0.1, 0.15) is 6.29 Å². The zero-order valence-corrected chi connectivity index (χ0v) is 10.4. The Morgan fingerprint density at radius 3 is 2.47 bits per heavy atom. The van der Waals surface area contributed by atoms with Crippen molar-refractivity contribution in [1.29, 1.82) is 0 Å². The predicted molar refractivity (Wildman–Crippen MR) is 66.3 cm³/mol. The highest BCUT2D eigenvalue weighted by Crippen LogP contribution is 2.24. The van der Waals surface area contributed by atoms with Crippen LogP contribution in [0, 0.1) is 15.5 Å². The van der Waals surface area contributed by atoms with E-state index >= 15 is 0 Å². The second-order valence-corrected chi connectivity index (χ2v) is 5.32. The highest BCUT2D eigenvalue weighted by molar-refractivity contribution is 5.78. The van der Waals surface area contributed by atoms with E-state index < -0.39 is 4.92 Å². The molecule has 0 aliphatic heterocycles. The Kier molecular flexibility index (Phi) is 3.99. The fourth-order valence-corrected chi connectivity index (χ4v) is 1.55. The lowest BCUT2D eigenvalue weighted by Gasteiger charge is -2.18. The Morgan fingerprint density at radius 2 is 2.00 bits per heavy atom. The van der Waals surface area contributed by atoms with Gasteiger partial charge >= 0.3 is 0 Å². The van der Waals surface area contributed by atoms with Crippen LogP contribution in [0.25, 0.3) is 0 Å². The number of nitro benzene ring substituents is 1. The Balaban J connectivity index is 2.98. The van der Waals surface area contributed by atoms with Crippen molar-refractivity contribution in [2.75, 3.05) is 0 Å². The second kappa shape index (κ2) is 5.08. The van der Waals surface area contributed by atoms with Crippen molar-refractivity contribution < 1.29 is 9.72 Å². The zero-order valence-electron chi connectivity index (χ0n) is 10.4. The predicted octanol–water partition coefficient (Wildman–Crippen LogP) is 3.39. The summed E-state index contributed by atoms with van der Waals surface area (Å²) in [7, 11) is 0. The summed E-state index contributed by atoms with van der Waals surface area (Å²) in [6.07, 6.45) is 2.32. The van der Waals surface area contributed by atoms with Gasteiger partial charge in [0.15, 0.2) is 0 Å². The van der Waals surface area contributed by atoms with E-state index in [9.17, 15) is 14.9 Å². The maximum Gasteiger partial charge on any atom is 0.269 e. The number of carbonyl (C=O) groups is 1. The molecular weight excluding hydrogens is 218 g/mol. The standard InChI is InChI=1S/C13H17NO3/c1-13(2,3)7-6-10-8-12(14(16)17)5-4-11(10)9-15/h4-5,8-9H,6-7H2,1-3H3. The fourth-order valence-electron chi connectivity index (χ4n) is 1.55. The molecule has 0 saturated heterocycles. The van der Waals surface area contributed by atoms with Crippen molar-refractivity contribution in [3.8, 4) is 0 Å². The molecule has 0 fully saturated rings. The maximum absolute atomic E-state index is 10.9. The number of nitrogens with zero attached hydrogens (tertiary/aromatic N) is 1. The van der Waals surface area contributed by atoms with E-state index in [0.29, 0.717) is 12.0 Å². The second-order valence-electron chi connectivity index (χ2n) is 5.32. The van der Waals surface area contributed by atoms with Gasteiger partial charge in [-0.05, 0) is 29.9 Å². The molecule has 4 heteroatoms. The number of carbonyl (C=O) groups excluding carboxylic acids is 1. The normalized spacial score (nSPS) is 11.2. The highest BCUT2D eigenvalue weighted by Gasteiger charge is 2.14. The summed E-state index contributed by atoms with van der Waals surface area (Å²) in [6.45, 7) is 6.31. The lowest BCUT2D eigenvalue weighted by Crippen LogP contribution is -2.07. The number of rotatable bonds is 4. The average Bonchev–Trinajstić information content (AvgIpc) is 2.24. The third kappa shape index (κ3) is 3.98. The minimum atomic E-state index is -0.435. The summed E-state index contributed by atoms with van der Waals surface area (Å²) in [4.78, 5) is 21.1. The lowest BCUT2D eigenvalue weighted by atomic mass is 9.87. The molecule has 0 saturated carbocycles. The van der Waals surface area contributed by atoms with Crippen LogP contribution in [0.3, 0.4) is 0 Å². The van der Waals surface area contributed by atoms with E-state index in [4.69, 9.17) is 0 Å². The van der Waals surface area contributed by atoms with Gasteiger partial charge in [0, 0.05) is 17.7 Å². The molecule has 0 unspecified atom stereocenters. The van der Waals surface area contributed by atoms with Gasteiger partial charge in [-0.15, -0.1) is 0 Å². The number of nitro groups is 1. The van der Waals surface area contributed by atoms with Gasteiger partial charge in [-0.2, -0.15) is 0 Å². The van der Waals surface area contributed by atoms with Crippen LogP contribution in [0.15, 0.2) is 18.2 Å². The van der Waals surface area contributed by atoms with E-state index in [1.54, 1.807) is 0 Å². The monoisotopic (exact) mass is 235 g/mol. The Bertz CT molecular complexity index is 433. The first-order valence-electron chi connectivity index (χ1n) is 5.56. The molecule has 0 aliphatic rings. The summed E-state index contributed by atoms with van der Waals surface area (Å²) in [5.74, 6) is 0. The largest absolute Gasteiger partial charge is 0.298 e. The SMILES string of the molecule is CC(C)(C)CCc1cc([N+](=O)[O-])ccc1C=O. The van der Waals surface area contributed by atoms with Crippen molar-refractivity contribution in [2.24, 2.45) is 5.41 Å². The molecule has 0 amide bonds. The van der Waals surface area contributed by atoms with Crippen molar-refractivity contribution in [2.45, 2.75) is 33.6 Å². The van der Waals surface area contributed by atoms with Gasteiger partial charge < -0.3 is 0 Å². The molecule has 92 valence electrons. The van der Waals surface area contributed by atoms with Crippen LogP contribution in [-0.2, 0) is 6.42 Å². The summed E-state index contributed by atoms with van der Waals surface area (Å²) < 4.78 is 0. The summed E-state index contributed by atoms with van der Waals surface area (Å²) in [6, 6.07) is 4.38. The smallest absolute Gasteiger partial charge is 0.269 e. The fraction of sp³-hybridized carbons (Fsp3) is 0.462. The van der Waals surface area contributed by atoms with E-state index in [1.165, 1.54) is 18.2 Å². The van der Waals surface area contributed by atoms with Crippen LogP contribution < -0.4 is 0 Å². The first-order valence-corrected chi connectivity index (χ1v) is 5.56. The van der Waals surface area contributed by atoms with Crippen molar-refractivity contribution >= 4 is 12.0 Å². The molecule has 17 heavy (non-hydrogen) atoms. The van der Waals surface area contributed by atoms with Crippen LogP contribution in [0.4, 0.5) is 5.69 Å². The third-order valence-electron chi connectivity index (χ3n) is 2.61. The first kappa shape index (κ1) is 13.4. The molecule has 0 bridgehead atoms. The number of hydrogen-bond donors (Lipinski definition) is 0. The molecule has 0 spiro atoms. The summed E-state index contributed by atoms with van der Waals surface area (Å²) in [5, 5.41) is 10.7. The zero-order chi connectivity index (χ0) is 13.1. The molecule has 1 rings (SSSR count). The molecule has 0 aromatic heterocycles. The molecule has 0 heterocycles. The minimum Gasteiger partial charge on any atom is -0.298 e. The lowest BCUT2D eigenvalue weighted by molar-refractivity contribution is -0.384. The summed E-state index contributed by atoms with van der Waals surface area (Å²) in [5.41, 5.74) is 1.48. The van der Waals surface area contributed by atoms with Gasteiger partial charge in [0.2, 0.25) is 0 Å². The number of aldehydes is 1. The van der Waals surface area contributed by atoms with Crippen molar-refractivity contribution in [3.63, 3.8) is 0 Å². The van der Waals surface area contributed by atoms with E-state index in [1.807, 2.05) is 0 Å². The first-order chi connectivity index (χ1) is 7.83. The van der Waals surface area contributed by atoms with Crippen molar-refractivity contribution in [3.05, 3.63) is 39.4 Å². The van der Waals surface area contributed by atoms with Gasteiger partial charge in [0.25, 0.3) is 5.69 Å². The van der Waals surface area contributed by atoms with Crippen LogP contribution in [-0.4, -0.2) is 11.2 Å². The number of non-ortho nitro benzene ring substituents is 1. The van der Waals surface area contributed by atoms with E-state index in [0.717, 1.165) is 18.3 Å². The molecular formula is C13H17NO3. The molecule has 0 atom stereocenters. The van der Waals surface area contributed by atoms with Crippen LogP contribution >= 0.6 is 0 Å². The molecule has 4 nitrogen and oxygen atoms in total. The van der Waals surface area contributed by atoms with Crippen LogP contribution in [0.1, 0.15) is 43.1 Å². The Labute approximate surface area is 101 Å². The van der Waals surface area contributed by atoms with Gasteiger partial charge in [0.05, 0.1) is 4.92 Å². The average molecular weight is 235 g/mol. The van der Waals surface area contributed by atoms with E-state index in [-0.39, 0.29) is 11.1 Å². The topological polar surface area (TPSA) is 60.2 Å². The van der Waals surface area contributed by atoms with Gasteiger partial charge in [-0.3, -0.25) is 14.9 Å². The number of hydrogen-bond acceptors (Lipinski definition) is 3. The molecule has 0 N–H and O–H groups in total. The van der Waals surface area contributed by atoms with E-state index in [2.05, 4.69) is 20.8 Å². The van der Waals surface area contributed by atoms with Gasteiger partial charge in [-0.25, -0.2) is 0 Å². The summed E-state index contributed by atoms with van der Waals surface area (Å²) >= 11 is 0. The maximum atomic E-state index is 10.9.